The van der Waals surface area contributed by atoms with Gasteiger partial charge in [-0.1, -0.05) is 35.4 Å². The fourth-order valence-electron chi connectivity index (χ4n) is 4.67. The summed E-state index contributed by atoms with van der Waals surface area (Å²) >= 11 is 0. The molecule has 6 aromatic rings. The smallest absolute Gasteiger partial charge is 0.226 e. The molecule has 0 saturated heterocycles. The van der Waals surface area contributed by atoms with E-state index in [0.29, 0.717) is 11.8 Å². The molecule has 0 N–H and O–H groups in total. The number of nitrogens with zero attached hydrogens (tertiary/aromatic N) is 3. The summed E-state index contributed by atoms with van der Waals surface area (Å²) in [5.41, 5.74) is 8.60. The van der Waals surface area contributed by atoms with Gasteiger partial charge >= 0.3 is 0 Å². The van der Waals surface area contributed by atoms with Gasteiger partial charge in [0.1, 0.15) is 28.7 Å². The summed E-state index contributed by atoms with van der Waals surface area (Å²) in [6, 6.07) is 24.3. The number of rotatable bonds is 6. The first-order valence-corrected chi connectivity index (χ1v) is 12.9. The molecule has 0 saturated carbocycles. The third-order valence-electron chi connectivity index (χ3n) is 6.90. The van der Waals surface area contributed by atoms with Gasteiger partial charge in [0.05, 0.1) is 7.11 Å². The minimum Gasteiger partial charge on any atom is -0.497 e. The molecule has 3 aromatic heterocycles. The van der Waals surface area contributed by atoms with E-state index in [2.05, 4.69) is 55.1 Å². The molecule has 6 nitrogen and oxygen atoms in total. The number of hydrogen-bond donors (Lipinski definition) is 0. The highest BCUT2D eigenvalue weighted by Gasteiger charge is 2.23. The van der Waals surface area contributed by atoms with E-state index in [1.165, 1.54) is 11.1 Å². The van der Waals surface area contributed by atoms with Gasteiger partial charge in [-0.25, -0.2) is 9.97 Å². The molecular formula is C33H29N3O3. The third kappa shape index (κ3) is 4.66. The lowest BCUT2D eigenvalue weighted by Gasteiger charge is -2.04. The summed E-state index contributed by atoms with van der Waals surface area (Å²) in [6.45, 7) is 8.02. The summed E-state index contributed by atoms with van der Waals surface area (Å²) in [5.74, 6) is 3.45. The van der Waals surface area contributed by atoms with E-state index in [-0.39, 0.29) is 0 Å². The van der Waals surface area contributed by atoms with Crippen LogP contribution in [0.5, 0.6) is 5.75 Å². The Balaban J connectivity index is 1.50. The zero-order valence-electron chi connectivity index (χ0n) is 22.6. The predicted octanol–water partition coefficient (Wildman–Crippen LogP) is 8.36. The molecule has 0 bridgehead atoms. The van der Waals surface area contributed by atoms with Crippen LogP contribution in [0.25, 0.3) is 51.1 Å². The zero-order chi connectivity index (χ0) is 27.1. The maximum atomic E-state index is 6.17. The molecule has 0 aliphatic carbocycles. The van der Waals surface area contributed by atoms with Crippen molar-refractivity contribution in [3.8, 4) is 56.9 Å². The van der Waals surface area contributed by atoms with Crippen molar-refractivity contribution in [1.82, 2.24) is 14.5 Å². The van der Waals surface area contributed by atoms with Crippen molar-refractivity contribution >= 4 is 0 Å². The molecule has 3 heterocycles. The molecule has 0 spiro atoms. The quantitative estimate of drug-likeness (QED) is 0.223. The van der Waals surface area contributed by atoms with Gasteiger partial charge in [0.2, 0.25) is 11.8 Å². The number of methoxy groups -OCH3 is 1. The third-order valence-corrected chi connectivity index (χ3v) is 6.90. The topological polar surface area (TPSA) is 66.2 Å². The van der Waals surface area contributed by atoms with Crippen LogP contribution in [0, 0.1) is 27.7 Å². The minimum atomic E-state index is 0.586. The molecule has 194 valence electrons. The molecule has 3 aromatic carbocycles. The van der Waals surface area contributed by atoms with E-state index >= 15 is 0 Å². The van der Waals surface area contributed by atoms with E-state index in [0.717, 1.165) is 56.6 Å². The number of oxazole rings is 2. The summed E-state index contributed by atoms with van der Waals surface area (Å²) in [6.07, 6.45) is 4.14. The Kier molecular flexibility index (Phi) is 6.15. The van der Waals surface area contributed by atoms with Gasteiger partial charge in [-0.3, -0.25) is 0 Å². The van der Waals surface area contributed by atoms with Crippen molar-refractivity contribution in [3.05, 3.63) is 108 Å². The van der Waals surface area contributed by atoms with Crippen LogP contribution in [0.15, 0.2) is 94.0 Å². The maximum absolute atomic E-state index is 6.17. The van der Waals surface area contributed by atoms with Gasteiger partial charge in [0.15, 0.2) is 0 Å². The van der Waals surface area contributed by atoms with E-state index in [9.17, 15) is 0 Å². The second kappa shape index (κ2) is 9.80. The SMILES string of the molecule is COc1ccc(-n2cc(-c3nc(-c4ccc(C)cc4)oc3C)c(-c3nc(-c4ccc(C)cc4)oc3C)c2)cc1. The fourth-order valence-corrected chi connectivity index (χ4v) is 4.67. The average molecular weight is 516 g/mol. The first-order chi connectivity index (χ1) is 18.9. The molecule has 39 heavy (non-hydrogen) atoms. The normalized spacial score (nSPS) is 11.2. The monoisotopic (exact) mass is 515 g/mol. The predicted molar refractivity (Wildman–Crippen MR) is 153 cm³/mol. The minimum absolute atomic E-state index is 0.586. The second-order valence-electron chi connectivity index (χ2n) is 9.77. The first kappa shape index (κ1) is 24.5. The molecule has 6 rings (SSSR count). The molecule has 0 aliphatic heterocycles. The number of benzene rings is 3. The zero-order valence-corrected chi connectivity index (χ0v) is 22.6. The van der Waals surface area contributed by atoms with Crippen LogP contribution in [-0.2, 0) is 0 Å². The molecule has 0 aliphatic rings. The Morgan fingerprint density at radius 1 is 0.590 bits per heavy atom. The highest BCUT2D eigenvalue weighted by atomic mass is 16.5. The highest BCUT2D eigenvalue weighted by Crippen LogP contribution is 2.39. The van der Waals surface area contributed by atoms with E-state index in [1.807, 2.05) is 62.4 Å². The van der Waals surface area contributed by atoms with Gasteiger partial charge < -0.3 is 18.1 Å². The number of aryl methyl sites for hydroxylation is 4. The summed E-state index contributed by atoms with van der Waals surface area (Å²) in [5, 5.41) is 0. The molecule has 0 radical (unpaired) electrons. The highest BCUT2D eigenvalue weighted by molar-refractivity contribution is 5.83. The maximum Gasteiger partial charge on any atom is 0.226 e. The summed E-state index contributed by atoms with van der Waals surface area (Å²) in [7, 11) is 1.67. The largest absolute Gasteiger partial charge is 0.497 e. The Labute approximate surface area is 227 Å². The Morgan fingerprint density at radius 2 is 1.03 bits per heavy atom. The van der Waals surface area contributed by atoms with E-state index in [1.54, 1.807) is 7.11 Å². The van der Waals surface area contributed by atoms with Gasteiger partial charge in [0.25, 0.3) is 0 Å². The number of aromatic nitrogens is 3. The van der Waals surface area contributed by atoms with Gasteiger partial charge in [-0.2, -0.15) is 0 Å². The molecule has 0 unspecified atom stereocenters. The molecule has 6 heteroatoms. The van der Waals surface area contributed by atoms with E-state index in [4.69, 9.17) is 23.5 Å². The lowest BCUT2D eigenvalue weighted by Crippen LogP contribution is -1.90. The molecule has 0 fully saturated rings. The first-order valence-electron chi connectivity index (χ1n) is 12.9. The Morgan fingerprint density at radius 3 is 1.44 bits per heavy atom. The van der Waals surface area contributed by atoms with Gasteiger partial charge in [-0.05, 0) is 76.2 Å². The standard InChI is InChI=1S/C33H29N3O3/c1-20-6-10-24(11-7-20)32-34-30(22(3)38-32)28-18-36(26-14-16-27(37-5)17-15-26)19-29(28)31-23(4)39-33(35-31)25-12-8-21(2)9-13-25/h6-19H,1-5H3. The van der Waals surface area contributed by atoms with Crippen molar-refractivity contribution in [2.75, 3.05) is 7.11 Å². The summed E-state index contributed by atoms with van der Waals surface area (Å²) in [4.78, 5) is 9.89. The van der Waals surface area contributed by atoms with Gasteiger partial charge in [0, 0.05) is 40.3 Å². The van der Waals surface area contributed by atoms with Crippen molar-refractivity contribution in [2.45, 2.75) is 27.7 Å². The van der Waals surface area contributed by atoms with Crippen LogP contribution in [0.2, 0.25) is 0 Å². The van der Waals surface area contributed by atoms with Gasteiger partial charge in [-0.15, -0.1) is 0 Å². The Bertz CT molecular complexity index is 1650. The van der Waals surface area contributed by atoms with Crippen LogP contribution in [0.3, 0.4) is 0 Å². The van der Waals surface area contributed by atoms with Crippen molar-refractivity contribution < 1.29 is 13.6 Å². The number of hydrogen-bond acceptors (Lipinski definition) is 5. The van der Waals surface area contributed by atoms with Crippen LogP contribution in [0.4, 0.5) is 0 Å². The van der Waals surface area contributed by atoms with E-state index < -0.39 is 0 Å². The van der Waals surface area contributed by atoms with Crippen LogP contribution < -0.4 is 4.74 Å². The Hall–Kier alpha value is -4.84. The van der Waals surface area contributed by atoms with Crippen LogP contribution in [0.1, 0.15) is 22.6 Å². The molecule has 0 atom stereocenters. The van der Waals surface area contributed by atoms with Crippen LogP contribution in [-0.4, -0.2) is 21.6 Å². The van der Waals surface area contributed by atoms with Crippen molar-refractivity contribution in [3.63, 3.8) is 0 Å². The second-order valence-corrected chi connectivity index (χ2v) is 9.77. The fraction of sp³-hybridized carbons (Fsp3) is 0.152. The molecule has 0 amide bonds. The lowest BCUT2D eigenvalue weighted by molar-refractivity contribution is 0.415. The average Bonchev–Trinajstić information content (AvgIpc) is 3.66. The van der Waals surface area contributed by atoms with Crippen molar-refractivity contribution in [2.24, 2.45) is 0 Å². The number of ether oxygens (including phenoxy) is 1. The lowest BCUT2D eigenvalue weighted by atomic mass is 10.1. The van der Waals surface area contributed by atoms with Crippen LogP contribution >= 0.6 is 0 Å². The molecular weight excluding hydrogens is 486 g/mol. The summed E-state index contributed by atoms with van der Waals surface area (Å²) < 4.78 is 19.8. The van der Waals surface area contributed by atoms with Crippen molar-refractivity contribution in [1.29, 1.82) is 0 Å².